The molecule has 1 unspecified atom stereocenters. The van der Waals surface area contributed by atoms with Crippen LogP contribution in [0.4, 0.5) is 4.39 Å². The number of nitrogens with zero attached hydrogens (tertiary/aromatic N) is 1. The van der Waals surface area contributed by atoms with E-state index in [4.69, 9.17) is 11.6 Å². The molecular formula is C15H22ClFN2. The number of benzene rings is 1. The van der Waals surface area contributed by atoms with Crippen LogP contribution in [0.3, 0.4) is 0 Å². The molecular weight excluding hydrogens is 263 g/mol. The largest absolute Gasteiger partial charge is 0.311 e. The van der Waals surface area contributed by atoms with Gasteiger partial charge in [-0.2, -0.15) is 0 Å². The first-order chi connectivity index (χ1) is 9.15. The third-order valence-electron chi connectivity index (χ3n) is 3.71. The number of hydrogen-bond acceptors (Lipinski definition) is 2. The van der Waals surface area contributed by atoms with E-state index in [1.807, 2.05) is 6.07 Å². The van der Waals surface area contributed by atoms with Gasteiger partial charge in [0.15, 0.2) is 0 Å². The molecule has 106 valence electrons. The van der Waals surface area contributed by atoms with Gasteiger partial charge in [-0.05, 0) is 56.6 Å². The maximum Gasteiger partial charge on any atom is 0.125 e. The van der Waals surface area contributed by atoms with Crippen LogP contribution in [0.15, 0.2) is 18.2 Å². The van der Waals surface area contributed by atoms with Gasteiger partial charge >= 0.3 is 0 Å². The van der Waals surface area contributed by atoms with Gasteiger partial charge in [0.05, 0.1) is 0 Å². The molecule has 0 amide bonds. The number of nitrogens with one attached hydrogen (secondary N) is 1. The summed E-state index contributed by atoms with van der Waals surface area (Å²) in [5.41, 5.74) is 0.899. The Balaban J connectivity index is 1.76. The first-order valence-electron chi connectivity index (χ1n) is 7.05. The highest BCUT2D eigenvalue weighted by molar-refractivity contribution is 6.30. The Kier molecular flexibility index (Phi) is 5.61. The summed E-state index contributed by atoms with van der Waals surface area (Å²) in [5, 5.41) is 3.85. The summed E-state index contributed by atoms with van der Waals surface area (Å²) in [6.45, 7) is 6.24. The predicted octanol–water partition coefficient (Wildman–Crippen LogP) is 3.44. The van der Waals surface area contributed by atoms with Crippen LogP contribution in [-0.4, -0.2) is 30.6 Å². The summed E-state index contributed by atoms with van der Waals surface area (Å²) < 4.78 is 13.2. The first-order valence-corrected chi connectivity index (χ1v) is 7.42. The Labute approximate surface area is 119 Å². The van der Waals surface area contributed by atoms with Crippen molar-refractivity contribution in [2.24, 2.45) is 0 Å². The van der Waals surface area contributed by atoms with Gasteiger partial charge in [-0.25, -0.2) is 4.39 Å². The van der Waals surface area contributed by atoms with Gasteiger partial charge in [0.25, 0.3) is 0 Å². The highest BCUT2D eigenvalue weighted by Crippen LogP contribution is 2.14. The Hall–Kier alpha value is -0.640. The Morgan fingerprint density at radius 1 is 1.26 bits per heavy atom. The third-order valence-corrected chi connectivity index (χ3v) is 3.92. The number of halogens is 2. The van der Waals surface area contributed by atoms with Gasteiger partial charge in [-0.1, -0.05) is 18.0 Å². The van der Waals surface area contributed by atoms with Gasteiger partial charge in [0, 0.05) is 24.2 Å². The molecule has 1 fully saturated rings. The molecule has 4 heteroatoms. The van der Waals surface area contributed by atoms with Crippen molar-refractivity contribution in [3.63, 3.8) is 0 Å². The van der Waals surface area contributed by atoms with Crippen LogP contribution >= 0.6 is 11.6 Å². The van der Waals surface area contributed by atoms with Crippen LogP contribution < -0.4 is 5.32 Å². The summed E-state index contributed by atoms with van der Waals surface area (Å²) in [4.78, 5) is 2.52. The highest BCUT2D eigenvalue weighted by atomic mass is 35.5. The van der Waals surface area contributed by atoms with Crippen molar-refractivity contribution in [1.29, 1.82) is 0 Å². The molecule has 0 bridgehead atoms. The van der Waals surface area contributed by atoms with E-state index in [-0.39, 0.29) is 5.82 Å². The van der Waals surface area contributed by atoms with Crippen LogP contribution in [0, 0.1) is 5.82 Å². The quantitative estimate of drug-likeness (QED) is 0.891. The fourth-order valence-corrected chi connectivity index (χ4v) is 2.87. The minimum Gasteiger partial charge on any atom is -0.311 e. The van der Waals surface area contributed by atoms with E-state index in [0.29, 0.717) is 17.6 Å². The van der Waals surface area contributed by atoms with E-state index < -0.39 is 0 Å². The molecule has 1 aromatic carbocycles. The van der Waals surface area contributed by atoms with Crippen LogP contribution in [0.5, 0.6) is 0 Å². The Morgan fingerprint density at radius 2 is 2.00 bits per heavy atom. The second-order valence-electron chi connectivity index (χ2n) is 5.35. The Morgan fingerprint density at radius 3 is 2.68 bits per heavy atom. The first kappa shape index (κ1) is 14.8. The molecule has 1 saturated heterocycles. The minimum atomic E-state index is -0.270. The van der Waals surface area contributed by atoms with Crippen LogP contribution in [0.1, 0.15) is 31.7 Å². The summed E-state index contributed by atoms with van der Waals surface area (Å²) in [7, 11) is 0. The topological polar surface area (TPSA) is 15.3 Å². The minimum absolute atomic E-state index is 0.270. The maximum absolute atomic E-state index is 13.2. The zero-order chi connectivity index (χ0) is 13.7. The van der Waals surface area contributed by atoms with Crippen molar-refractivity contribution in [2.75, 3.05) is 19.6 Å². The molecule has 2 nitrogen and oxygen atoms in total. The lowest BCUT2D eigenvalue weighted by molar-refractivity contribution is 0.170. The standard InChI is InChI=1S/C15H22ClFN2/c1-12(19-5-3-2-4-6-19)10-18-11-13-7-14(16)9-15(17)8-13/h7-9,12,18H,2-6,10-11H2,1H3. The van der Waals surface area contributed by atoms with Gasteiger partial charge in [0.2, 0.25) is 0 Å². The van der Waals surface area contributed by atoms with Crippen molar-refractivity contribution in [1.82, 2.24) is 10.2 Å². The van der Waals surface area contributed by atoms with Gasteiger partial charge < -0.3 is 5.32 Å². The van der Waals surface area contributed by atoms with E-state index in [1.54, 1.807) is 0 Å². The predicted molar refractivity (Wildman–Crippen MR) is 78.0 cm³/mol. The second kappa shape index (κ2) is 7.22. The third kappa shape index (κ3) is 4.75. The van der Waals surface area contributed by atoms with Crippen molar-refractivity contribution in [3.05, 3.63) is 34.6 Å². The van der Waals surface area contributed by atoms with Crippen LogP contribution in [0.25, 0.3) is 0 Å². The maximum atomic E-state index is 13.2. The van der Waals surface area contributed by atoms with E-state index >= 15 is 0 Å². The van der Waals surface area contributed by atoms with E-state index in [9.17, 15) is 4.39 Å². The van der Waals surface area contributed by atoms with Gasteiger partial charge in [-0.3, -0.25) is 4.90 Å². The summed E-state index contributed by atoms with van der Waals surface area (Å²) in [6.07, 6.45) is 3.98. The molecule has 1 aliphatic rings. The van der Waals surface area contributed by atoms with Gasteiger partial charge in [-0.15, -0.1) is 0 Å². The molecule has 0 aromatic heterocycles. The van der Waals surface area contributed by atoms with Crippen molar-refractivity contribution >= 4 is 11.6 Å². The molecule has 1 aromatic rings. The van der Waals surface area contributed by atoms with Crippen molar-refractivity contribution < 1.29 is 4.39 Å². The van der Waals surface area contributed by atoms with E-state index in [2.05, 4.69) is 17.1 Å². The van der Waals surface area contributed by atoms with Crippen molar-refractivity contribution in [2.45, 2.75) is 38.8 Å². The molecule has 19 heavy (non-hydrogen) atoms. The van der Waals surface area contributed by atoms with E-state index in [1.165, 1.54) is 44.5 Å². The smallest absolute Gasteiger partial charge is 0.125 e. The lowest BCUT2D eigenvalue weighted by Crippen LogP contribution is -2.42. The molecule has 2 rings (SSSR count). The highest BCUT2D eigenvalue weighted by Gasteiger charge is 2.15. The molecule has 1 heterocycles. The molecule has 0 saturated carbocycles. The van der Waals surface area contributed by atoms with Gasteiger partial charge in [0.1, 0.15) is 5.82 Å². The number of hydrogen-bond donors (Lipinski definition) is 1. The van der Waals surface area contributed by atoms with E-state index in [0.717, 1.165) is 12.1 Å². The molecule has 1 atom stereocenters. The zero-order valence-corrected chi connectivity index (χ0v) is 12.2. The SMILES string of the molecule is CC(CNCc1cc(F)cc(Cl)c1)N1CCCCC1. The molecule has 1 N–H and O–H groups in total. The van der Waals surface area contributed by atoms with Crippen molar-refractivity contribution in [3.8, 4) is 0 Å². The fourth-order valence-electron chi connectivity index (χ4n) is 2.63. The molecule has 0 spiro atoms. The van der Waals surface area contributed by atoms with Crippen LogP contribution in [-0.2, 0) is 6.54 Å². The molecule has 0 radical (unpaired) electrons. The second-order valence-corrected chi connectivity index (χ2v) is 5.79. The lowest BCUT2D eigenvalue weighted by Gasteiger charge is -2.32. The fraction of sp³-hybridized carbons (Fsp3) is 0.600. The zero-order valence-electron chi connectivity index (χ0n) is 11.5. The molecule has 0 aliphatic carbocycles. The number of piperidine rings is 1. The monoisotopic (exact) mass is 284 g/mol. The number of likely N-dealkylation sites (tertiary alicyclic amines) is 1. The lowest BCUT2D eigenvalue weighted by atomic mass is 10.1. The normalized spacial score (nSPS) is 18.5. The molecule has 1 aliphatic heterocycles. The van der Waals surface area contributed by atoms with Crippen LogP contribution in [0.2, 0.25) is 5.02 Å². The average molecular weight is 285 g/mol. The summed E-state index contributed by atoms with van der Waals surface area (Å²) in [6, 6.07) is 5.21. The Bertz CT molecular complexity index is 385. The number of rotatable bonds is 5. The summed E-state index contributed by atoms with van der Waals surface area (Å²) in [5.74, 6) is -0.270. The average Bonchev–Trinajstić information content (AvgIpc) is 2.38. The summed E-state index contributed by atoms with van der Waals surface area (Å²) >= 11 is 5.84.